The van der Waals surface area contributed by atoms with Crippen LogP contribution in [0.15, 0.2) is 54.7 Å². The first-order valence-corrected chi connectivity index (χ1v) is 13.5. The molecule has 0 aliphatic carbocycles. The number of likely N-dealkylation sites (N-methyl/N-ethyl adjacent to an activating group) is 2. The van der Waals surface area contributed by atoms with E-state index in [9.17, 15) is 4.79 Å². The monoisotopic (exact) mass is 509 g/mol. The van der Waals surface area contributed by atoms with Gasteiger partial charge >= 0.3 is 5.97 Å². The molecule has 0 atom stereocenters. The molecule has 0 amide bonds. The molecule has 4 aromatic rings. The van der Waals surface area contributed by atoms with E-state index in [-0.39, 0.29) is 12.1 Å². The van der Waals surface area contributed by atoms with E-state index in [4.69, 9.17) is 4.74 Å². The lowest BCUT2D eigenvalue weighted by Gasteiger charge is -2.34. The third kappa shape index (κ3) is 4.52. The SMILES string of the molecule is CC(C)OC(=O)c1cnc2[nH]c(-c3ccc(N4CCN(C)CC4)cc3)c(-c3ccc4c(c3)N(C)CC4)c2c1. The summed E-state index contributed by atoms with van der Waals surface area (Å²) in [6.07, 6.45) is 2.47. The number of carbonyl (C=O) groups is 1. The number of hydrogen-bond donors (Lipinski definition) is 1. The quantitative estimate of drug-likeness (QED) is 0.373. The fourth-order valence-electron chi connectivity index (χ4n) is 5.58. The van der Waals surface area contributed by atoms with Crippen LogP contribution < -0.4 is 9.80 Å². The third-order valence-electron chi connectivity index (χ3n) is 7.76. The first-order chi connectivity index (χ1) is 18.4. The van der Waals surface area contributed by atoms with Gasteiger partial charge in [0, 0.05) is 68.3 Å². The molecule has 7 heteroatoms. The predicted molar refractivity (Wildman–Crippen MR) is 154 cm³/mol. The van der Waals surface area contributed by atoms with Crippen molar-refractivity contribution in [3.8, 4) is 22.4 Å². The molecule has 7 nitrogen and oxygen atoms in total. The van der Waals surface area contributed by atoms with Gasteiger partial charge in [0.15, 0.2) is 0 Å². The van der Waals surface area contributed by atoms with Crippen molar-refractivity contribution < 1.29 is 9.53 Å². The highest BCUT2D eigenvalue weighted by atomic mass is 16.5. The number of nitrogens with zero attached hydrogens (tertiary/aromatic N) is 4. The molecule has 1 saturated heterocycles. The molecular weight excluding hydrogens is 474 g/mol. The maximum absolute atomic E-state index is 12.7. The van der Waals surface area contributed by atoms with Gasteiger partial charge in [-0.15, -0.1) is 0 Å². The van der Waals surface area contributed by atoms with Gasteiger partial charge in [-0.3, -0.25) is 0 Å². The van der Waals surface area contributed by atoms with E-state index in [2.05, 4.69) is 81.2 Å². The Balaban J connectivity index is 1.46. The number of H-pyrrole nitrogens is 1. The minimum Gasteiger partial charge on any atom is -0.459 e. The molecule has 6 rings (SSSR count). The molecule has 0 unspecified atom stereocenters. The van der Waals surface area contributed by atoms with Gasteiger partial charge in [0.1, 0.15) is 5.65 Å². The zero-order valence-electron chi connectivity index (χ0n) is 22.6. The molecular formula is C31H35N5O2. The van der Waals surface area contributed by atoms with Crippen LogP contribution in [0.4, 0.5) is 11.4 Å². The highest BCUT2D eigenvalue weighted by Crippen LogP contribution is 2.41. The number of aromatic amines is 1. The van der Waals surface area contributed by atoms with Gasteiger partial charge in [0.05, 0.1) is 17.4 Å². The topological polar surface area (TPSA) is 64.7 Å². The Kier molecular flexibility index (Phi) is 6.32. The Morgan fingerprint density at radius 1 is 0.947 bits per heavy atom. The second-order valence-corrected chi connectivity index (χ2v) is 10.8. The summed E-state index contributed by atoms with van der Waals surface area (Å²) in [7, 11) is 4.32. The fraction of sp³-hybridized carbons (Fsp3) is 0.355. The number of nitrogens with one attached hydrogen (secondary N) is 1. The number of hydrogen-bond acceptors (Lipinski definition) is 6. The van der Waals surface area contributed by atoms with Crippen LogP contribution in [-0.2, 0) is 11.2 Å². The average molecular weight is 510 g/mol. The van der Waals surface area contributed by atoms with Crippen molar-refractivity contribution in [1.82, 2.24) is 14.9 Å². The number of ether oxygens (including phenoxy) is 1. The van der Waals surface area contributed by atoms with Crippen molar-refractivity contribution in [3.63, 3.8) is 0 Å². The van der Waals surface area contributed by atoms with E-state index in [1.54, 1.807) is 6.20 Å². The van der Waals surface area contributed by atoms with Crippen molar-refractivity contribution in [2.24, 2.45) is 0 Å². The zero-order valence-corrected chi connectivity index (χ0v) is 22.6. The molecule has 2 aromatic heterocycles. The lowest BCUT2D eigenvalue weighted by Crippen LogP contribution is -2.44. The minimum absolute atomic E-state index is 0.189. The molecule has 1 fully saturated rings. The highest BCUT2D eigenvalue weighted by Gasteiger charge is 2.22. The number of anilines is 2. The number of carbonyl (C=O) groups excluding carboxylic acids is 1. The van der Waals surface area contributed by atoms with E-state index in [0.717, 1.165) is 72.6 Å². The van der Waals surface area contributed by atoms with Crippen molar-refractivity contribution in [3.05, 3.63) is 65.9 Å². The molecule has 0 saturated carbocycles. The third-order valence-corrected chi connectivity index (χ3v) is 7.76. The molecule has 0 radical (unpaired) electrons. The van der Waals surface area contributed by atoms with Crippen LogP contribution >= 0.6 is 0 Å². The van der Waals surface area contributed by atoms with E-state index >= 15 is 0 Å². The van der Waals surface area contributed by atoms with Crippen molar-refractivity contribution in [2.45, 2.75) is 26.4 Å². The Labute approximate surface area is 224 Å². The zero-order chi connectivity index (χ0) is 26.4. The van der Waals surface area contributed by atoms with Gasteiger partial charge in [0.2, 0.25) is 0 Å². The van der Waals surface area contributed by atoms with Crippen molar-refractivity contribution >= 4 is 28.4 Å². The molecule has 38 heavy (non-hydrogen) atoms. The Morgan fingerprint density at radius 2 is 1.68 bits per heavy atom. The van der Waals surface area contributed by atoms with Crippen molar-refractivity contribution in [2.75, 3.05) is 56.6 Å². The molecule has 0 bridgehead atoms. The summed E-state index contributed by atoms with van der Waals surface area (Å²) < 4.78 is 5.47. The number of esters is 1. The number of piperazine rings is 1. The van der Waals surface area contributed by atoms with Gasteiger partial charge in [-0.25, -0.2) is 9.78 Å². The standard InChI is InChI=1S/C31H35N5O2/c1-20(2)38-31(37)24-17-26-28(23-6-5-21-11-12-35(4)27(21)18-23)29(33-30(26)32-19-24)22-7-9-25(10-8-22)36-15-13-34(3)14-16-36/h5-10,17-20H,11-16H2,1-4H3,(H,32,33). The summed E-state index contributed by atoms with van der Waals surface area (Å²) in [4.78, 5) is 28.1. The Morgan fingerprint density at radius 3 is 2.42 bits per heavy atom. The summed E-state index contributed by atoms with van der Waals surface area (Å²) in [5.41, 5.74) is 9.36. The first-order valence-electron chi connectivity index (χ1n) is 13.5. The van der Waals surface area contributed by atoms with E-state index in [1.807, 2.05) is 19.9 Å². The van der Waals surface area contributed by atoms with Crippen molar-refractivity contribution in [1.29, 1.82) is 0 Å². The molecule has 2 aliphatic heterocycles. The van der Waals surface area contributed by atoms with E-state index in [0.29, 0.717) is 5.56 Å². The average Bonchev–Trinajstić information content (AvgIpc) is 3.48. The summed E-state index contributed by atoms with van der Waals surface area (Å²) in [5.74, 6) is -0.353. The van der Waals surface area contributed by atoms with Gasteiger partial charge < -0.3 is 24.4 Å². The molecule has 0 spiro atoms. The maximum atomic E-state index is 12.7. The number of benzene rings is 2. The normalized spacial score (nSPS) is 15.9. The van der Waals surface area contributed by atoms with Gasteiger partial charge in [-0.2, -0.15) is 0 Å². The van der Waals surface area contributed by atoms with Gasteiger partial charge in [0.25, 0.3) is 0 Å². The lowest BCUT2D eigenvalue weighted by atomic mass is 9.96. The number of fused-ring (bicyclic) bond motifs is 2. The van der Waals surface area contributed by atoms with E-state index in [1.165, 1.54) is 16.9 Å². The Bertz CT molecular complexity index is 1480. The van der Waals surface area contributed by atoms with Crippen LogP contribution in [0.2, 0.25) is 0 Å². The number of rotatable bonds is 5. The van der Waals surface area contributed by atoms with Crippen LogP contribution in [0.3, 0.4) is 0 Å². The molecule has 1 N–H and O–H groups in total. The summed E-state index contributed by atoms with van der Waals surface area (Å²) >= 11 is 0. The van der Waals surface area contributed by atoms with Crippen LogP contribution in [0.25, 0.3) is 33.4 Å². The summed E-state index contributed by atoms with van der Waals surface area (Å²) in [5, 5.41) is 0.918. The molecule has 4 heterocycles. The second-order valence-electron chi connectivity index (χ2n) is 10.8. The lowest BCUT2D eigenvalue weighted by molar-refractivity contribution is 0.0377. The molecule has 2 aliphatic rings. The Hall–Kier alpha value is -3.84. The number of pyridine rings is 1. The first kappa shape index (κ1) is 24.5. The maximum Gasteiger partial charge on any atom is 0.339 e. The minimum atomic E-state index is -0.353. The molecule has 2 aromatic carbocycles. The number of aromatic nitrogens is 2. The summed E-state index contributed by atoms with van der Waals surface area (Å²) in [6, 6.07) is 17.4. The van der Waals surface area contributed by atoms with Crippen LogP contribution in [-0.4, -0.2) is 73.8 Å². The second kappa shape index (κ2) is 9.80. The predicted octanol–water partition coefficient (Wildman–Crippen LogP) is 5.21. The van der Waals surface area contributed by atoms with Crippen LogP contribution in [0.5, 0.6) is 0 Å². The molecule has 196 valence electrons. The van der Waals surface area contributed by atoms with E-state index < -0.39 is 0 Å². The smallest absolute Gasteiger partial charge is 0.339 e. The largest absolute Gasteiger partial charge is 0.459 e. The fourth-order valence-corrected chi connectivity index (χ4v) is 5.58. The van der Waals surface area contributed by atoms with Gasteiger partial charge in [-0.1, -0.05) is 24.3 Å². The highest BCUT2D eigenvalue weighted by molar-refractivity contribution is 6.05. The van der Waals surface area contributed by atoms with Gasteiger partial charge in [-0.05, 0) is 68.3 Å². The van der Waals surface area contributed by atoms with Crippen LogP contribution in [0, 0.1) is 0 Å². The summed E-state index contributed by atoms with van der Waals surface area (Å²) in [6.45, 7) is 8.97. The van der Waals surface area contributed by atoms with Crippen LogP contribution in [0.1, 0.15) is 29.8 Å².